The molecule has 2 atom stereocenters. The van der Waals surface area contributed by atoms with E-state index in [4.69, 9.17) is 5.73 Å². The number of rotatable bonds is 4. The number of carbonyl (C=O) groups is 1. The third kappa shape index (κ3) is 5.40. The molecule has 2 unspecified atom stereocenters. The molecular formula is C13H19ClF3N3OS. The summed E-state index contributed by atoms with van der Waals surface area (Å²) in [5, 5.41) is 4.14. The summed E-state index contributed by atoms with van der Waals surface area (Å²) in [6.45, 7) is 0.301. The van der Waals surface area contributed by atoms with Crippen molar-refractivity contribution in [1.29, 1.82) is 0 Å². The average molecular weight is 358 g/mol. The summed E-state index contributed by atoms with van der Waals surface area (Å²) in [5.74, 6) is -0.131. The van der Waals surface area contributed by atoms with E-state index in [2.05, 4.69) is 10.3 Å². The number of alkyl halides is 3. The fourth-order valence-corrected chi connectivity index (χ4v) is 3.26. The molecule has 0 saturated heterocycles. The van der Waals surface area contributed by atoms with E-state index in [-0.39, 0.29) is 30.3 Å². The van der Waals surface area contributed by atoms with Crippen molar-refractivity contribution >= 4 is 29.7 Å². The number of aromatic nitrogens is 1. The molecule has 0 aliphatic heterocycles. The van der Waals surface area contributed by atoms with Crippen LogP contribution in [-0.4, -0.2) is 23.5 Å². The van der Waals surface area contributed by atoms with Crippen molar-refractivity contribution in [1.82, 2.24) is 10.3 Å². The monoisotopic (exact) mass is 357 g/mol. The lowest BCUT2D eigenvalue weighted by Crippen LogP contribution is -2.38. The van der Waals surface area contributed by atoms with Gasteiger partial charge in [0.05, 0.1) is 5.01 Å². The summed E-state index contributed by atoms with van der Waals surface area (Å²) >= 11 is 0.962. The average Bonchev–Trinajstić information content (AvgIpc) is 2.87. The first-order valence-electron chi connectivity index (χ1n) is 6.91. The van der Waals surface area contributed by atoms with Gasteiger partial charge in [0, 0.05) is 30.3 Å². The molecule has 126 valence electrons. The Morgan fingerprint density at radius 3 is 2.77 bits per heavy atom. The lowest BCUT2D eigenvalue weighted by Gasteiger charge is -2.25. The molecule has 1 aromatic heterocycles. The minimum Gasteiger partial charge on any atom is -0.355 e. The van der Waals surface area contributed by atoms with Crippen molar-refractivity contribution < 1.29 is 18.0 Å². The number of thiazole rings is 1. The van der Waals surface area contributed by atoms with E-state index in [1.165, 1.54) is 0 Å². The summed E-state index contributed by atoms with van der Waals surface area (Å²) < 4.78 is 37.2. The van der Waals surface area contributed by atoms with Gasteiger partial charge < -0.3 is 11.1 Å². The largest absolute Gasteiger partial charge is 0.434 e. The molecule has 1 amide bonds. The number of carbonyl (C=O) groups excluding carboxylic acids is 1. The molecule has 0 radical (unpaired) electrons. The second-order valence-corrected chi connectivity index (χ2v) is 6.23. The van der Waals surface area contributed by atoms with Gasteiger partial charge in [-0.2, -0.15) is 13.2 Å². The van der Waals surface area contributed by atoms with Crippen LogP contribution in [0, 0.1) is 5.92 Å². The zero-order valence-corrected chi connectivity index (χ0v) is 13.5. The molecule has 0 bridgehead atoms. The quantitative estimate of drug-likeness (QED) is 0.870. The van der Waals surface area contributed by atoms with Crippen molar-refractivity contribution in [3.8, 4) is 0 Å². The number of nitrogens with one attached hydrogen (secondary N) is 1. The molecule has 0 aromatic carbocycles. The number of hydrogen-bond acceptors (Lipinski definition) is 4. The highest BCUT2D eigenvalue weighted by molar-refractivity contribution is 7.09. The van der Waals surface area contributed by atoms with Gasteiger partial charge in [-0.15, -0.1) is 23.7 Å². The molecular weight excluding hydrogens is 339 g/mol. The predicted octanol–water partition coefficient (Wildman–Crippen LogP) is 2.76. The van der Waals surface area contributed by atoms with Gasteiger partial charge in [-0.3, -0.25) is 4.79 Å². The molecule has 1 heterocycles. The molecule has 1 aliphatic carbocycles. The van der Waals surface area contributed by atoms with E-state index in [9.17, 15) is 18.0 Å². The third-order valence-corrected chi connectivity index (χ3v) is 4.47. The van der Waals surface area contributed by atoms with Crippen LogP contribution in [0.4, 0.5) is 13.2 Å². The lowest BCUT2D eigenvalue weighted by atomic mass is 9.85. The molecule has 1 aliphatic rings. The zero-order chi connectivity index (χ0) is 15.5. The molecule has 1 fully saturated rings. The van der Waals surface area contributed by atoms with E-state index in [0.29, 0.717) is 24.4 Å². The van der Waals surface area contributed by atoms with Crippen LogP contribution in [0.1, 0.15) is 36.4 Å². The summed E-state index contributed by atoms with van der Waals surface area (Å²) in [7, 11) is 0. The third-order valence-electron chi connectivity index (χ3n) is 3.57. The van der Waals surface area contributed by atoms with Crippen molar-refractivity contribution in [3.05, 3.63) is 16.1 Å². The van der Waals surface area contributed by atoms with Gasteiger partial charge in [-0.1, -0.05) is 6.42 Å². The van der Waals surface area contributed by atoms with Crippen LogP contribution < -0.4 is 11.1 Å². The van der Waals surface area contributed by atoms with Gasteiger partial charge in [0.25, 0.3) is 0 Å². The van der Waals surface area contributed by atoms with E-state index in [1.54, 1.807) is 0 Å². The first kappa shape index (κ1) is 19.2. The first-order valence-corrected chi connectivity index (χ1v) is 7.79. The SMILES string of the molecule is Cl.NC1CCCC(C(=O)NCCc2nc(C(F)(F)F)cs2)C1. The summed E-state index contributed by atoms with van der Waals surface area (Å²) in [6, 6.07) is 0.0720. The molecule has 2 rings (SSSR count). The van der Waals surface area contributed by atoms with Crippen molar-refractivity contribution in [2.45, 2.75) is 44.3 Å². The Labute approximate surface area is 137 Å². The highest BCUT2D eigenvalue weighted by atomic mass is 35.5. The predicted molar refractivity (Wildman–Crippen MR) is 81.0 cm³/mol. The molecule has 1 saturated carbocycles. The Morgan fingerprint density at radius 2 is 2.18 bits per heavy atom. The first-order chi connectivity index (χ1) is 9.86. The smallest absolute Gasteiger partial charge is 0.355 e. The van der Waals surface area contributed by atoms with E-state index in [0.717, 1.165) is 36.0 Å². The normalized spacial score (nSPS) is 22.0. The van der Waals surface area contributed by atoms with Crippen molar-refractivity contribution in [3.63, 3.8) is 0 Å². The lowest BCUT2D eigenvalue weighted by molar-refractivity contribution is -0.140. The van der Waals surface area contributed by atoms with Gasteiger partial charge in [-0.25, -0.2) is 4.98 Å². The van der Waals surface area contributed by atoms with Gasteiger partial charge >= 0.3 is 6.18 Å². The Hall–Kier alpha value is -0.860. The van der Waals surface area contributed by atoms with Crippen LogP contribution in [0.15, 0.2) is 5.38 Å². The molecule has 3 N–H and O–H groups in total. The number of hydrogen-bond donors (Lipinski definition) is 2. The number of nitrogens with two attached hydrogens (primary N) is 1. The van der Waals surface area contributed by atoms with Gasteiger partial charge in [-0.05, 0) is 19.3 Å². The van der Waals surface area contributed by atoms with Crippen molar-refractivity contribution in [2.75, 3.05) is 6.54 Å². The Morgan fingerprint density at radius 1 is 1.45 bits per heavy atom. The topological polar surface area (TPSA) is 68.0 Å². The zero-order valence-electron chi connectivity index (χ0n) is 11.9. The highest BCUT2D eigenvalue weighted by Crippen LogP contribution is 2.30. The Balaban J connectivity index is 0.00000242. The molecule has 9 heteroatoms. The van der Waals surface area contributed by atoms with Crippen LogP contribution in [-0.2, 0) is 17.4 Å². The minimum atomic E-state index is -4.41. The number of halogens is 4. The summed E-state index contributed by atoms with van der Waals surface area (Å²) in [5.41, 5.74) is 4.96. The van der Waals surface area contributed by atoms with E-state index >= 15 is 0 Å². The van der Waals surface area contributed by atoms with Crippen LogP contribution in [0.3, 0.4) is 0 Å². The fourth-order valence-electron chi connectivity index (χ4n) is 2.46. The highest BCUT2D eigenvalue weighted by Gasteiger charge is 2.33. The second-order valence-electron chi connectivity index (χ2n) is 5.29. The van der Waals surface area contributed by atoms with Gasteiger partial charge in [0.2, 0.25) is 5.91 Å². The standard InChI is InChI=1S/C13H18F3N3OS.ClH/c14-13(15,16)10-7-21-11(19-10)4-5-18-12(20)8-2-1-3-9(17)6-8;/h7-9H,1-6,17H2,(H,18,20);1H. The fraction of sp³-hybridized carbons (Fsp3) is 0.692. The summed E-state index contributed by atoms with van der Waals surface area (Å²) in [4.78, 5) is 15.5. The number of amides is 1. The van der Waals surface area contributed by atoms with Crippen LogP contribution in [0.5, 0.6) is 0 Å². The molecule has 4 nitrogen and oxygen atoms in total. The second kappa shape index (κ2) is 8.12. The Kier molecular flexibility index (Phi) is 7.08. The maximum Gasteiger partial charge on any atom is 0.434 e. The Bertz CT molecular complexity index is 495. The summed E-state index contributed by atoms with van der Waals surface area (Å²) in [6.07, 6.45) is -0.693. The van der Waals surface area contributed by atoms with Crippen LogP contribution in [0.2, 0.25) is 0 Å². The van der Waals surface area contributed by atoms with Gasteiger partial charge in [0.15, 0.2) is 5.69 Å². The maximum atomic E-state index is 12.4. The van der Waals surface area contributed by atoms with E-state index < -0.39 is 11.9 Å². The molecule has 22 heavy (non-hydrogen) atoms. The molecule has 1 aromatic rings. The van der Waals surface area contributed by atoms with Gasteiger partial charge in [0.1, 0.15) is 0 Å². The minimum absolute atomic E-state index is 0. The van der Waals surface area contributed by atoms with Crippen LogP contribution >= 0.6 is 23.7 Å². The van der Waals surface area contributed by atoms with Crippen molar-refractivity contribution in [2.24, 2.45) is 11.7 Å². The molecule has 0 spiro atoms. The van der Waals surface area contributed by atoms with E-state index in [1.807, 2.05) is 0 Å². The number of nitrogens with zero attached hydrogens (tertiary/aromatic N) is 1. The maximum absolute atomic E-state index is 12.4. The van der Waals surface area contributed by atoms with Crippen LogP contribution in [0.25, 0.3) is 0 Å².